The lowest BCUT2D eigenvalue weighted by molar-refractivity contribution is 0.630. The monoisotopic (exact) mass is 181 g/mol. The normalized spacial score (nSPS) is 10.5. The van der Waals surface area contributed by atoms with E-state index in [0.29, 0.717) is 5.52 Å². The molecule has 60 valence electrons. The highest BCUT2D eigenvalue weighted by Gasteiger charge is 2.01. The van der Waals surface area contributed by atoms with Crippen molar-refractivity contribution in [3.8, 4) is 0 Å². The fourth-order valence-corrected chi connectivity index (χ4v) is 1.22. The van der Waals surface area contributed by atoms with Gasteiger partial charge in [-0.3, -0.25) is 4.98 Å². The Labute approximate surface area is 73.8 Å². The molecule has 0 atom stereocenters. The first-order chi connectivity index (χ1) is 5.77. The van der Waals surface area contributed by atoms with Gasteiger partial charge in [-0.1, -0.05) is 17.7 Å². The van der Waals surface area contributed by atoms with Crippen LogP contribution in [0.15, 0.2) is 30.5 Å². The standard InChI is InChI=1S/C9H5ClFN/c10-7-5-9-6(4-8(7)11)2-1-3-12-9/h1-5H. The van der Waals surface area contributed by atoms with E-state index in [1.54, 1.807) is 18.3 Å². The lowest BCUT2D eigenvalue weighted by Crippen LogP contribution is -1.81. The minimum Gasteiger partial charge on any atom is -0.256 e. The molecular weight excluding hydrogens is 177 g/mol. The van der Waals surface area contributed by atoms with Crippen molar-refractivity contribution in [1.82, 2.24) is 4.98 Å². The van der Waals surface area contributed by atoms with Crippen molar-refractivity contribution in [2.24, 2.45) is 0 Å². The van der Waals surface area contributed by atoms with Crippen LogP contribution < -0.4 is 0 Å². The van der Waals surface area contributed by atoms with E-state index in [-0.39, 0.29) is 5.02 Å². The van der Waals surface area contributed by atoms with Crippen molar-refractivity contribution in [2.75, 3.05) is 0 Å². The molecule has 0 bridgehead atoms. The van der Waals surface area contributed by atoms with E-state index >= 15 is 0 Å². The Kier molecular flexibility index (Phi) is 1.70. The maximum absolute atomic E-state index is 12.9. The zero-order valence-corrected chi connectivity index (χ0v) is 6.85. The summed E-state index contributed by atoms with van der Waals surface area (Å²) in [5, 5.41) is 0.876. The van der Waals surface area contributed by atoms with E-state index in [1.807, 2.05) is 0 Å². The van der Waals surface area contributed by atoms with Gasteiger partial charge in [0.05, 0.1) is 10.5 Å². The largest absolute Gasteiger partial charge is 0.256 e. The molecule has 0 aliphatic rings. The number of rotatable bonds is 0. The molecule has 0 fully saturated rings. The maximum Gasteiger partial charge on any atom is 0.142 e. The summed E-state index contributed by atoms with van der Waals surface area (Å²) < 4.78 is 12.9. The van der Waals surface area contributed by atoms with E-state index in [4.69, 9.17) is 11.6 Å². The predicted octanol–water partition coefficient (Wildman–Crippen LogP) is 3.03. The van der Waals surface area contributed by atoms with E-state index < -0.39 is 5.82 Å². The van der Waals surface area contributed by atoms with E-state index in [0.717, 1.165) is 5.39 Å². The van der Waals surface area contributed by atoms with E-state index in [2.05, 4.69) is 4.98 Å². The van der Waals surface area contributed by atoms with E-state index in [1.165, 1.54) is 12.1 Å². The first-order valence-electron chi connectivity index (χ1n) is 3.47. The number of aromatic nitrogens is 1. The lowest BCUT2D eigenvalue weighted by Gasteiger charge is -1.97. The molecule has 0 spiro atoms. The second-order valence-electron chi connectivity index (χ2n) is 2.46. The molecule has 2 rings (SSSR count). The zero-order valence-electron chi connectivity index (χ0n) is 6.09. The summed E-state index contributed by atoms with van der Waals surface area (Å²) in [6.45, 7) is 0. The van der Waals surface area contributed by atoms with Gasteiger partial charge in [0.2, 0.25) is 0 Å². The molecule has 12 heavy (non-hydrogen) atoms. The third-order valence-electron chi connectivity index (χ3n) is 1.65. The number of halogens is 2. The van der Waals surface area contributed by atoms with Crippen molar-refractivity contribution in [1.29, 1.82) is 0 Å². The van der Waals surface area contributed by atoms with Crippen molar-refractivity contribution in [3.05, 3.63) is 41.3 Å². The molecule has 0 aliphatic carbocycles. The Balaban J connectivity index is 2.84. The summed E-state index contributed by atoms with van der Waals surface area (Å²) in [4.78, 5) is 4.03. The fourth-order valence-electron chi connectivity index (χ4n) is 1.07. The maximum atomic E-state index is 12.9. The molecule has 0 amide bonds. The van der Waals surface area contributed by atoms with Gasteiger partial charge in [0.15, 0.2) is 0 Å². The Bertz CT molecular complexity index is 387. The van der Waals surface area contributed by atoms with Crippen molar-refractivity contribution < 1.29 is 4.39 Å². The van der Waals surface area contributed by atoms with Gasteiger partial charge in [0, 0.05) is 11.6 Å². The summed E-state index contributed by atoms with van der Waals surface area (Å²) >= 11 is 5.57. The van der Waals surface area contributed by atoms with Crippen LogP contribution in [0.3, 0.4) is 0 Å². The number of nitrogens with zero attached hydrogens (tertiary/aromatic N) is 1. The van der Waals surface area contributed by atoms with Gasteiger partial charge in [0.25, 0.3) is 0 Å². The first kappa shape index (κ1) is 7.50. The Morgan fingerprint density at radius 3 is 3.00 bits per heavy atom. The molecular formula is C9H5ClFN. The van der Waals surface area contributed by atoms with Crippen LogP contribution in [0.1, 0.15) is 0 Å². The average molecular weight is 182 g/mol. The number of fused-ring (bicyclic) bond motifs is 1. The van der Waals surface area contributed by atoms with E-state index in [9.17, 15) is 4.39 Å². The molecule has 0 saturated carbocycles. The number of benzene rings is 1. The molecule has 0 saturated heterocycles. The Morgan fingerprint density at radius 2 is 2.17 bits per heavy atom. The second kappa shape index (κ2) is 2.72. The highest BCUT2D eigenvalue weighted by atomic mass is 35.5. The quantitative estimate of drug-likeness (QED) is 0.609. The minimum atomic E-state index is -0.405. The third-order valence-corrected chi connectivity index (χ3v) is 1.93. The Morgan fingerprint density at radius 1 is 1.33 bits per heavy atom. The molecule has 1 heterocycles. The van der Waals surface area contributed by atoms with Crippen molar-refractivity contribution in [2.45, 2.75) is 0 Å². The fraction of sp³-hybridized carbons (Fsp3) is 0. The topological polar surface area (TPSA) is 12.9 Å². The third kappa shape index (κ3) is 1.14. The molecule has 1 aromatic carbocycles. The van der Waals surface area contributed by atoms with Gasteiger partial charge >= 0.3 is 0 Å². The zero-order chi connectivity index (χ0) is 8.55. The molecule has 0 N–H and O–H groups in total. The van der Waals surface area contributed by atoms with Gasteiger partial charge < -0.3 is 0 Å². The van der Waals surface area contributed by atoms with Crippen LogP contribution in [-0.4, -0.2) is 4.98 Å². The summed E-state index contributed by atoms with van der Waals surface area (Å²) in [6, 6.07) is 6.45. The summed E-state index contributed by atoms with van der Waals surface area (Å²) in [6.07, 6.45) is 1.65. The van der Waals surface area contributed by atoms with Gasteiger partial charge in [-0.15, -0.1) is 0 Å². The SMILES string of the molecule is Fc1cc2cccnc2cc1Cl. The van der Waals surface area contributed by atoms with Crippen molar-refractivity contribution >= 4 is 22.5 Å². The molecule has 2 aromatic rings. The van der Waals surface area contributed by atoms with Crippen molar-refractivity contribution in [3.63, 3.8) is 0 Å². The van der Waals surface area contributed by atoms with Crippen LogP contribution in [0.2, 0.25) is 5.02 Å². The van der Waals surface area contributed by atoms with Gasteiger partial charge in [-0.2, -0.15) is 0 Å². The molecule has 0 unspecified atom stereocenters. The molecule has 0 radical (unpaired) electrons. The number of hydrogen-bond donors (Lipinski definition) is 0. The van der Waals surface area contributed by atoms with Crippen LogP contribution in [-0.2, 0) is 0 Å². The average Bonchev–Trinajstić information content (AvgIpc) is 2.07. The predicted molar refractivity (Wildman–Crippen MR) is 46.7 cm³/mol. The molecule has 1 aromatic heterocycles. The Hall–Kier alpha value is -1.15. The highest BCUT2D eigenvalue weighted by molar-refractivity contribution is 6.31. The first-order valence-corrected chi connectivity index (χ1v) is 3.85. The van der Waals surface area contributed by atoms with Crippen LogP contribution in [0, 0.1) is 5.82 Å². The smallest absolute Gasteiger partial charge is 0.142 e. The second-order valence-corrected chi connectivity index (χ2v) is 2.87. The highest BCUT2D eigenvalue weighted by Crippen LogP contribution is 2.20. The number of pyridine rings is 1. The lowest BCUT2D eigenvalue weighted by atomic mass is 10.2. The minimum absolute atomic E-state index is 0.112. The summed E-state index contributed by atoms with van der Waals surface area (Å²) in [5.74, 6) is -0.405. The van der Waals surface area contributed by atoms with Crippen LogP contribution in [0.5, 0.6) is 0 Å². The van der Waals surface area contributed by atoms with Gasteiger partial charge in [-0.25, -0.2) is 4.39 Å². The molecule has 0 aliphatic heterocycles. The molecule has 1 nitrogen and oxygen atoms in total. The van der Waals surface area contributed by atoms with Crippen LogP contribution in [0.4, 0.5) is 4.39 Å². The molecule has 3 heteroatoms. The van der Waals surface area contributed by atoms with Gasteiger partial charge in [0.1, 0.15) is 5.82 Å². The summed E-state index contributed by atoms with van der Waals surface area (Å²) in [5.41, 5.74) is 0.712. The summed E-state index contributed by atoms with van der Waals surface area (Å²) in [7, 11) is 0. The van der Waals surface area contributed by atoms with Gasteiger partial charge in [-0.05, 0) is 18.2 Å². The number of hydrogen-bond acceptors (Lipinski definition) is 1. The van der Waals surface area contributed by atoms with Crippen LogP contribution in [0.25, 0.3) is 10.9 Å². The van der Waals surface area contributed by atoms with Crippen LogP contribution >= 0.6 is 11.6 Å².